The zero-order chi connectivity index (χ0) is 11.3. The second-order valence-electron chi connectivity index (χ2n) is 3.37. The number of nitrogens with one attached hydrogen (secondary N) is 2. The zero-order valence-electron chi connectivity index (χ0n) is 8.86. The highest BCUT2D eigenvalue weighted by atomic mass is 32.2. The van der Waals surface area contributed by atoms with Crippen molar-refractivity contribution in [2.45, 2.75) is 18.7 Å². The van der Waals surface area contributed by atoms with Gasteiger partial charge in [-0.2, -0.15) is 0 Å². The molecular formula is C9H16N2O3S. The Morgan fingerprint density at radius 2 is 2.27 bits per heavy atom. The van der Waals surface area contributed by atoms with Crippen LogP contribution in [0.2, 0.25) is 0 Å². The van der Waals surface area contributed by atoms with Crippen molar-refractivity contribution in [3.63, 3.8) is 0 Å². The first-order valence-electron chi connectivity index (χ1n) is 4.70. The van der Waals surface area contributed by atoms with Gasteiger partial charge in [-0.15, -0.1) is 0 Å². The standard InChI is InChI=1S/C9H16N2O3S/c1-8(5-10-2)15(12,13)11-6-9-3-4-14-7-9/h3-4,7-8,10-11H,5-6H2,1-2H3. The van der Waals surface area contributed by atoms with Crippen molar-refractivity contribution in [2.24, 2.45) is 0 Å². The summed E-state index contributed by atoms with van der Waals surface area (Å²) in [5.41, 5.74) is 0.815. The molecule has 0 aliphatic heterocycles. The third kappa shape index (κ3) is 3.65. The van der Waals surface area contributed by atoms with E-state index in [-0.39, 0.29) is 6.54 Å². The van der Waals surface area contributed by atoms with Crippen LogP contribution >= 0.6 is 0 Å². The lowest BCUT2D eigenvalue weighted by Gasteiger charge is -2.12. The van der Waals surface area contributed by atoms with Crippen molar-refractivity contribution in [1.82, 2.24) is 10.0 Å². The van der Waals surface area contributed by atoms with Gasteiger partial charge in [-0.1, -0.05) is 0 Å². The number of hydrogen-bond donors (Lipinski definition) is 2. The van der Waals surface area contributed by atoms with Gasteiger partial charge in [-0.25, -0.2) is 13.1 Å². The first-order valence-corrected chi connectivity index (χ1v) is 6.25. The predicted molar refractivity (Wildman–Crippen MR) is 57.9 cm³/mol. The average Bonchev–Trinajstić information content (AvgIpc) is 2.68. The number of rotatable bonds is 6. The Balaban J connectivity index is 2.50. The van der Waals surface area contributed by atoms with E-state index in [1.807, 2.05) is 0 Å². The SMILES string of the molecule is CNCC(C)S(=O)(=O)NCc1ccoc1. The van der Waals surface area contributed by atoms with E-state index in [2.05, 4.69) is 10.0 Å². The summed E-state index contributed by atoms with van der Waals surface area (Å²) < 4.78 is 30.6. The first-order chi connectivity index (χ1) is 7.06. The fraction of sp³-hybridized carbons (Fsp3) is 0.556. The molecule has 0 aromatic carbocycles. The monoisotopic (exact) mass is 232 g/mol. The Kier molecular flexibility index (Phi) is 4.31. The van der Waals surface area contributed by atoms with Crippen molar-refractivity contribution >= 4 is 10.0 Å². The number of hydrogen-bond acceptors (Lipinski definition) is 4. The van der Waals surface area contributed by atoms with Crippen molar-refractivity contribution in [2.75, 3.05) is 13.6 Å². The maximum atomic E-state index is 11.6. The smallest absolute Gasteiger partial charge is 0.215 e. The second-order valence-corrected chi connectivity index (χ2v) is 5.55. The molecule has 0 bridgehead atoms. The minimum Gasteiger partial charge on any atom is -0.472 e. The fourth-order valence-electron chi connectivity index (χ4n) is 1.12. The maximum Gasteiger partial charge on any atom is 0.215 e. The van der Waals surface area contributed by atoms with Crippen LogP contribution in [0.4, 0.5) is 0 Å². The fourth-order valence-corrected chi connectivity index (χ4v) is 2.16. The van der Waals surface area contributed by atoms with Crippen LogP contribution in [-0.4, -0.2) is 27.3 Å². The van der Waals surface area contributed by atoms with Crippen LogP contribution in [0.25, 0.3) is 0 Å². The zero-order valence-corrected chi connectivity index (χ0v) is 9.67. The van der Waals surface area contributed by atoms with Gasteiger partial charge in [-0.05, 0) is 20.0 Å². The molecule has 0 spiro atoms. The predicted octanol–water partition coefficient (Wildman–Crippen LogP) is 0.307. The van der Waals surface area contributed by atoms with Gasteiger partial charge in [0.05, 0.1) is 17.8 Å². The van der Waals surface area contributed by atoms with Gasteiger partial charge in [-0.3, -0.25) is 0 Å². The molecule has 2 N–H and O–H groups in total. The molecular weight excluding hydrogens is 216 g/mol. The lowest BCUT2D eigenvalue weighted by Crippen LogP contribution is -2.37. The third-order valence-corrected chi connectivity index (χ3v) is 3.85. The summed E-state index contributed by atoms with van der Waals surface area (Å²) in [6.45, 7) is 2.36. The van der Waals surface area contributed by atoms with E-state index in [0.29, 0.717) is 6.54 Å². The molecule has 0 fully saturated rings. The molecule has 0 amide bonds. The normalized spacial score (nSPS) is 14.0. The minimum atomic E-state index is -3.25. The van der Waals surface area contributed by atoms with Crippen LogP contribution in [0.1, 0.15) is 12.5 Å². The first kappa shape index (κ1) is 12.2. The number of sulfonamides is 1. The van der Waals surface area contributed by atoms with Crippen LogP contribution in [0, 0.1) is 0 Å². The van der Waals surface area contributed by atoms with Crippen LogP contribution < -0.4 is 10.0 Å². The Hall–Kier alpha value is -0.850. The molecule has 5 nitrogen and oxygen atoms in total. The van der Waals surface area contributed by atoms with Crippen molar-refractivity contribution in [3.8, 4) is 0 Å². The molecule has 0 saturated heterocycles. The molecule has 1 rings (SSSR count). The quantitative estimate of drug-likeness (QED) is 0.740. The van der Waals surface area contributed by atoms with E-state index in [1.165, 1.54) is 12.5 Å². The van der Waals surface area contributed by atoms with Crippen molar-refractivity contribution < 1.29 is 12.8 Å². The largest absolute Gasteiger partial charge is 0.472 e. The van der Waals surface area contributed by atoms with Gasteiger partial charge in [0.25, 0.3) is 0 Å². The summed E-state index contributed by atoms with van der Waals surface area (Å²) in [6, 6.07) is 1.73. The summed E-state index contributed by atoms with van der Waals surface area (Å²) in [4.78, 5) is 0. The minimum absolute atomic E-state index is 0.271. The van der Waals surface area contributed by atoms with E-state index in [1.54, 1.807) is 20.0 Å². The van der Waals surface area contributed by atoms with Crippen LogP contribution in [0.3, 0.4) is 0 Å². The highest BCUT2D eigenvalue weighted by molar-refractivity contribution is 7.90. The molecule has 0 aliphatic carbocycles. The van der Waals surface area contributed by atoms with Gasteiger partial charge in [0.2, 0.25) is 10.0 Å². The molecule has 1 unspecified atom stereocenters. The van der Waals surface area contributed by atoms with Gasteiger partial charge < -0.3 is 9.73 Å². The molecule has 6 heteroatoms. The van der Waals surface area contributed by atoms with Crippen LogP contribution in [-0.2, 0) is 16.6 Å². The molecule has 1 aromatic rings. The van der Waals surface area contributed by atoms with Crippen molar-refractivity contribution in [3.05, 3.63) is 24.2 Å². The Morgan fingerprint density at radius 3 is 2.80 bits per heavy atom. The molecule has 0 saturated carbocycles. The van der Waals surface area contributed by atoms with E-state index < -0.39 is 15.3 Å². The van der Waals surface area contributed by atoms with Gasteiger partial charge in [0.15, 0.2) is 0 Å². The molecule has 86 valence electrons. The lowest BCUT2D eigenvalue weighted by molar-refractivity contribution is 0.556. The Morgan fingerprint density at radius 1 is 1.53 bits per heavy atom. The average molecular weight is 232 g/mol. The second kappa shape index (κ2) is 5.29. The molecule has 0 radical (unpaired) electrons. The Bertz CT molecular complexity index is 372. The maximum absolute atomic E-state index is 11.6. The topological polar surface area (TPSA) is 71.3 Å². The van der Waals surface area contributed by atoms with E-state index in [0.717, 1.165) is 5.56 Å². The van der Waals surface area contributed by atoms with Gasteiger partial charge in [0, 0.05) is 18.7 Å². The summed E-state index contributed by atoms with van der Waals surface area (Å²) in [7, 11) is -1.53. The van der Waals surface area contributed by atoms with E-state index in [4.69, 9.17) is 4.42 Å². The highest BCUT2D eigenvalue weighted by Crippen LogP contribution is 2.02. The molecule has 1 aromatic heterocycles. The lowest BCUT2D eigenvalue weighted by atomic mass is 10.4. The van der Waals surface area contributed by atoms with Crippen LogP contribution in [0.15, 0.2) is 23.0 Å². The number of furan rings is 1. The molecule has 15 heavy (non-hydrogen) atoms. The van der Waals surface area contributed by atoms with E-state index >= 15 is 0 Å². The summed E-state index contributed by atoms with van der Waals surface area (Å²) in [5, 5.41) is 2.38. The van der Waals surface area contributed by atoms with Gasteiger partial charge in [0.1, 0.15) is 0 Å². The van der Waals surface area contributed by atoms with Crippen molar-refractivity contribution in [1.29, 1.82) is 0 Å². The molecule has 1 atom stereocenters. The summed E-state index contributed by atoms with van der Waals surface area (Å²) in [5.74, 6) is 0. The molecule has 1 heterocycles. The van der Waals surface area contributed by atoms with Gasteiger partial charge >= 0.3 is 0 Å². The highest BCUT2D eigenvalue weighted by Gasteiger charge is 2.19. The summed E-state index contributed by atoms with van der Waals surface area (Å²) in [6.07, 6.45) is 3.03. The van der Waals surface area contributed by atoms with E-state index in [9.17, 15) is 8.42 Å². The molecule has 0 aliphatic rings. The van der Waals surface area contributed by atoms with Crippen LogP contribution in [0.5, 0.6) is 0 Å². The third-order valence-electron chi connectivity index (χ3n) is 2.08. The summed E-state index contributed by atoms with van der Waals surface area (Å²) >= 11 is 0. The Labute approximate surface area is 89.9 Å².